The fourth-order valence-electron chi connectivity index (χ4n) is 2.39. The van der Waals surface area contributed by atoms with Crippen molar-refractivity contribution in [2.45, 2.75) is 32.9 Å². The highest BCUT2D eigenvalue weighted by atomic mass is 16.7. The molecule has 2 rings (SSSR count). The second kappa shape index (κ2) is 6.58. The zero-order valence-corrected chi connectivity index (χ0v) is 12.7. The van der Waals surface area contributed by atoms with E-state index in [0.29, 0.717) is 13.1 Å². The number of rotatable bonds is 6. The monoisotopic (exact) mass is 291 g/mol. The molecular formula is C15H21N3O3. The van der Waals surface area contributed by atoms with E-state index >= 15 is 0 Å². The Labute approximate surface area is 123 Å². The molecule has 1 heterocycles. The lowest BCUT2D eigenvalue weighted by atomic mass is 10.3. The molecule has 0 saturated carbocycles. The normalized spacial score (nSPS) is 11.0. The first-order valence-corrected chi connectivity index (χ1v) is 7.08. The quantitative estimate of drug-likeness (QED) is 0.760. The van der Waals surface area contributed by atoms with Crippen LogP contribution in [-0.4, -0.2) is 34.3 Å². The van der Waals surface area contributed by atoms with Crippen molar-refractivity contribution in [2.24, 2.45) is 0 Å². The number of fused-ring (bicyclic) bond motifs is 1. The van der Waals surface area contributed by atoms with Gasteiger partial charge in [0.2, 0.25) is 5.91 Å². The summed E-state index contributed by atoms with van der Waals surface area (Å²) in [5.41, 5.74) is 1.71. The third-order valence-electron chi connectivity index (χ3n) is 3.55. The third-order valence-corrected chi connectivity index (χ3v) is 3.55. The molecule has 0 atom stereocenters. The number of para-hydroxylation sites is 2. The number of aryl methyl sites for hydroxylation is 2. The van der Waals surface area contributed by atoms with Crippen LogP contribution in [0.15, 0.2) is 29.1 Å². The average molecular weight is 291 g/mol. The predicted molar refractivity (Wildman–Crippen MR) is 80.9 cm³/mol. The molecule has 21 heavy (non-hydrogen) atoms. The highest BCUT2D eigenvalue weighted by Gasteiger charge is 2.14. The first-order chi connectivity index (χ1) is 10.1. The van der Waals surface area contributed by atoms with E-state index in [2.05, 4.69) is 0 Å². The van der Waals surface area contributed by atoms with Gasteiger partial charge < -0.3 is 0 Å². The van der Waals surface area contributed by atoms with Gasteiger partial charge in [0.05, 0.1) is 18.1 Å². The molecule has 114 valence electrons. The van der Waals surface area contributed by atoms with Crippen LogP contribution in [0.2, 0.25) is 0 Å². The van der Waals surface area contributed by atoms with Crippen molar-refractivity contribution in [3.63, 3.8) is 0 Å². The second-order valence-corrected chi connectivity index (χ2v) is 4.90. The van der Waals surface area contributed by atoms with Crippen LogP contribution in [0, 0.1) is 0 Å². The molecule has 1 aromatic carbocycles. The Hall–Kier alpha value is -2.08. The van der Waals surface area contributed by atoms with Crippen molar-refractivity contribution in [1.82, 2.24) is 14.2 Å². The Morgan fingerprint density at radius 3 is 2.29 bits per heavy atom. The SMILES string of the molecule is CCCn1c(=O)n(CCC(=O)N(C)OC)c2ccccc21. The molecule has 0 fully saturated rings. The number of imidazole rings is 1. The van der Waals surface area contributed by atoms with E-state index in [9.17, 15) is 9.59 Å². The second-order valence-electron chi connectivity index (χ2n) is 4.90. The third kappa shape index (κ3) is 3.00. The van der Waals surface area contributed by atoms with Crippen molar-refractivity contribution in [1.29, 1.82) is 0 Å². The minimum absolute atomic E-state index is 0.0640. The van der Waals surface area contributed by atoms with E-state index in [1.807, 2.05) is 31.2 Å². The summed E-state index contributed by atoms with van der Waals surface area (Å²) in [5.74, 6) is -0.156. The van der Waals surface area contributed by atoms with E-state index in [0.717, 1.165) is 17.5 Å². The number of amides is 1. The van der Waals surface area contributed by atoms with Gasteiger partial charge in [-0.15, -0.1) is 0 Å². The summed E-state index contributed by atoms with van der Waals surface area (Å²) in [6.45, 7) is 3.07. The van der Waals surface area contributed by atoms with Gasteiger partial charge in [-0.3, -0.25) is 18.8 Å². The van der Waals surface area contributed by atoms with E-state index < -0.39 is 0 Å². The van der Waals surface area contributed by atoms with Gasteiger partial charge in [0.15, 0.2) is 0 Å². The lowest BCUT2D eigenvalue weighted by Gasteiger charge is -2.13. The van der Waals surface area contributed by atoms with E-state index in [1.54, 1.807) is 16.2 Å². The van der Waals surface area contributed by atoms with Crippen LogP contribution in [0.5, 0.6) is 0 Å². The number of aromatic nitrogens is 2. The maximum atomic E-state index is 12.5. The van der Waals surface area contributed by atoms with Crippen LogP contribution in [0.3, 0.4) is 0 Å². The minimum Gasteiger partial charge on any atom is -0.292 e. The molecule has 0 aliphatic rings. The van der Waals surface area contributed by atoms with Gasteiger partial charge in [0, 0.05) is 26.6 Å². The first kappa shape index (κ1) is 15.3. The van der Waals surface area contributed by atoms with E-state index in [1.165, 1.54) is 12.2 Å². The van der Waals surface area contributed by atoms with E-state index in [4.69, 9.17) is 4.84 Å². The summed E-state index contributed by atoms with van der Waals surface area (Å²) in [6, 6.07) is 7.67. The lowest BCUT2D eigenvalue weighted by molar-refractivity contribution is -0.168. The summed E-state index contributed by atoms with van der Waals surface area (Å²) < 4.78 is 3.42. The van der Waals surface area contributed by atoms with Crippen molar-refractivity contribution in [3.8, 4) is 0 Å². The Kier molecular flexibility index (Phi) is 4.80. The molecule has 6 nitrogen and oxygen atoms in total. The Balaban J connectivity index is 2.33. The summed E-state index contributed by atoms with van der Waals surface area (Å²) in [7, 11) is 3.00. The van der Waals surface area contributed by atoms with Gasteiger partial charge in [0.1, 0.15) is 0 Å². The average Bonchev–Trinajstić information content (AvgIpc) is 2.77. The molecule has 1 aromatic heterocycles. The van der Waals surface area contributed by atoms with Crippen LogP contribution in [0.25, 0.3) is 11.0 Å². The fourth-order valence-corrected chi connectivity index (χ4v) is 2.39. The van der Waals surface area contributed by atoms with Gasteiger partial charge in [0.25, 0.3) is 0 Å². The summed E-state index contributed by atoms with van der Waals surface area (Å²) in [6.07, 6.45) is 1.11. The van der Waals surface area contributed by atoms with Gasteiger partial charge in [-0.2, -0.15) is 0 Å². The molecular weight excluding hydrogens is 270 g/mol. The number of hydrogen-bond donors (Lipinski definition) is 0. The molecule has 6 heteroatoms. The highest BCUT2D eigenvalue weighted by molar-refractivity contribution is 5.77. The molecule has 0 aliphatic carbocycles. The van der Waals surface area contributed by atoms with Gasteiger partial charge in [-0.1, -0.05) is 19.1 Å². The van der Waals surface area contributed by atoms with Crippen molar-refractivity contribution in [3.05, 3.63) is 34.7 Å². The minimum atomic E-state index is -0.156. The maximum absolute atomic E-state index is 12.5. The summed E-state index contributed by atoms with van der Waals surface area (Å²) in [5, 5.41) is 1.18. The molecule has 0 radical (unpaired) electrons. The van der Waals surface area contributed by atoms with Crippen LogP contribution < -0.4 is 5.69 Å². The fraction of sp³-hybridized carbons (Fsp3) is 0.467. The molecule has 0 unspecified atom stereocenters. The molecule has 1 amide bonds. The van der Waals surface area contributed by atoms with Gasteiger partial charge in [-0.05, 0) is 18.6 Å². The zero-order valence-electron chi connectivity index (χ0n) is 12.7. The van der Waals surface area contributed by atoms with Crippen LogP contribution in [-0.2, 0) is 22.7 Å². The molecule has 0 spiro atoms. The highest BCUT2D eigenvalue weighted by Crippen LogP contribution is 2.13. The number of carbonyl (C=O) groups excluding carboxylic acids is 1. The number of hydrogen-bond acceptors (Lipinski definition) is 3. The molecule has 0 N–H and O–H groups in total. The maximum Gasteiger partial charge on any atom is 0.329 e. The number of benzene rings is 1. The largest absolute Gasteiger partial charge is 0.329 e. The smallest absolute Gasteiger partial charge is 0.292 e. The zero-order chi connectivity index (χ0) is 15.4. The first-order valence-electron chi connectivity index (χ1n) is 7.08. The van der Waals surface area contributed by atoms with Crippen molar-refractivity contribution >= 4 is 16.9 Å². The van der Waals surface area contributed by atoms with Crippen LogP contribution >= 0.6 is 0 Å². The predicted octanol–water partition coefficient (Wildman–Crippen LogP) is 1.62. The van der Waals surface area contributed by atoms with Crippen molar-refractivity contribution in [2.75, 3.05) is 14.2 Å². The topological polar surface area (TPSA) is 56.5 Å². The number of hydroxylamine groups is 2. The van der Waals surface area contributed by atoms with E-state index in [-0.39, 0.29) is 18.0 Å². The Bertz CT molecular complexity index is 687. The summed E-state index contributed by atoms with van der Waals surface area (Å²) >= 11 is 0. The number of carbonyl (C=O) groups is 1. The summed E-state index contributed by atoms with van der Waals surface area (Å²) in [4.78, 5) is 29.2. The Morgan fingerprint density at radius 2 is 1.76 bits per heavy atom. The lowest BCUT2D eigenvalue weighted by Crippen LogP contribution is -2.29. The van der Waals surface area contributed by atoms with Crippen LogP contribution in [0.1, 0.15) is 19.8 Å². The molecule has 0 aliphatic heterocycles. The standard InChI is InChI=1S/C15H21N3O3/c1-4-10-17-12-7-5-6-8-13(12)18(15(17)20)11-9-14(19)16(2)21-3/h5-8H,4,9-11H2,1-3H3. The number of nitrogens with zero attached hydrogens (tertiary/aromatic N) is 3. The van der Waals surface area contributed by atoms with Crippen molar-refractivity contribution < 1.29 is 9.63 Å². The Morgan fingerprint density at radius 1 is 1.19 bits per heavy atom. The van der Waals surface area contributed by atoms with Gasteiger partial charge in [-0.25, -0.2) is 9.86 Å². The van der Waals surface area contributed by atoms with Crippen LogP contribution in [0.4, 0.5) is 0 Å². The molecule has 0 saturated heterocycles. The molecule has 2 aromatic rings. The van der Waals surface area contributed by atoms with Gasteiger partial charge >= 0.3 is 5.69 Å². The molecule has 0 bridgehead atoms.